The average Bonchev–Trinajstić information content (AvgIpc) is 3.75. The van der Waals surface area contributed by atoms with Gasteiger partial charge in [0.2, 0.25) is 5.95 Å². The fourth-order valence-corrected chi connectivity index (χ4v) is 8.07. The van der Waals surface area contributed by atoms with Crippen LogP contribution >= 0.6 is 14.9 Å². The molecule has 3 aliphatic heterocycles. The second kappa shape index (κ2) is 11.5. The lowest BCUT2D eigenvalue weighted by molar-refractivity contribution is -0.0578. The van der Waals surface area contributed by atoms with Crippen LogP contribution in [0, 0.1) is 0 Å². The van der Waals surface area contributed by atoms with E-state index in [0.29, 0.717) is 0 Å². The highest BCUT2D eigenvalue weighted by atomic mass is 31.2. The smallest absolute Gasteiger partial charge is 0.280 e. The first-order valence-electron chi connectivity index (χ1n) is 13.8. The Hall–Kier alpha value is -3.26. The van der Waals surface area contributed by atoms with Crippen LogP contribution in [0.25, 0.3) is 22.3 Å². The second-order valence-corrected chi connectivity index (χ2v) is 14.9. The molecule has 244 valence electrons. The summed E-state index contributed by atoms with van der Waals surface area (Å²) < 4.78 is 87.2. The number of alkyl halides is 1. The third kappa shape index (κ3) is 5.44. The molecule has 3 saturated heterocycles. The van der Waals surface area contributed by atoms with Crippen molar-refractivity contribution in [2.45, 2.75) is 49.1 Å². The number of aromatic nitrogens is 8. The number of imidazole rings is 2. The summed E-state index contributed by atoms with van der Waals surface area (Å²) in [6.07, 6.45) is -6.61. The Labute approximate surface area is 259 Å². The summed E-state index contributed by atoms with van der Waals surface area (Å²) in [4.78, 5) is 35.2. The molecule has 0 amide bonds. The van der Waals surface area contributed by atoms with Crippen LogP contribution in [0.1, 0.15) is 12.5 Å². The van der Waals surface area contributed by atoms with E-state index in [9.17, 15) is 13.9 Å². The van der Waals surface area contributed by atoms with Crippen LogP contribution in [0.5, 0.6) is 0 Å². The number of nitrogens with zero attached hydrogens (tertiary/aromatic N) is 7. The van der Waals surface area contributed by atoms with E-state index in [4.69, 9.17) is 43.8 Å². The Kier molecular flexibility index (Phi) is 7.81. The zero-order chi connectivity index (χ0) is 32.5. The van der Waals surface area contributed by atoms with Gasteiger partial charge in [0.1, 0.15) is 42.4 Å². The Balaban J connectivity index is 1.22. The summed E-state index contributed by atoms with van der Waals surface area (Å²) in [5, 5.41) is 0. The molecule has 0 radical (unpaired) electrons. The Morgan fingerprint density at radius 3 is 2.28 bits per heavy atom. The number of rotatable bonds is 3. The molecule has 0 spiro atoms. The van der Waals surface area contributed by atoms with E-state index < -0.39 is 76.3 Å². The van der Waals surface area contributed by atoms with E-state index >= 15 is 4.39 Å². The molecule has 0 aliphatic carbocycles. The second-order valence-electron chi connectivity index (χ2n) is 10.9. The number of aromatic amines is 1. The summed E-state index contributed by atoms with van der Waals surface area (Å²) in [6.45, 7) is -0.902. The number of nitrogens with two attached hydrogens (primary N) is 2. The first-order valence-corrected chi connectivity index (χ1v) is 17.8. The van der Waals surface area contributed by atoms with Crippen molar-refractivity contribution in [1.29, 1.82) is 0 Å². The fourth-order valence-electron chi connectivity index (χ4n) is 5.75. The summed E-state index contributed by atoms with van der Waals surface area (Å²) in [7, 11) is -4.33. The first-order chi connectivity index (χ1) is 21.9. The number of H-pyrrole nitrogens is 1. The van der Waals surface area contributed by atoms with Gasteiger partial charge in [-0.1, -0.05) is 0 Å². The predicted octanol–water partition coefficient (Wildman–Crippen LogP) is -1.43. The molecule has 2 bridgehead atoms. The van der Waals surface area contributed by atoms with Gasteiger partial charge < -0.3 is 43.8 Å². The number of ether oxygens (including phenoxy) is 3. The number of halogens is 1. The first kappa shape index (κ1) is 31.3. The highest BCUT2D eigenvalue weighted by Crippen LogP contribution is 2.54. The molecule has 20 nitrogen and oxygen atoms in total. The number of hydrogen-bond donors (Lipinski definition) is 3. The Morgan fingerprint density at radius 2 is 1.57 bits per heavy atom. The van der Waals surface area contributed by atoms with Crippen LogP contribution in [0.3, 0.4) is 0 Å². The number of methoxy groups -OCH3 is 1. The molecule has 3 aliphatic rings. The predicted molar refractivity (Wildman–Crippen MR) is 160 cm³/mol. The number of fused-ring (bicyclic) bond motifs is 5. The van der Waals surface area contributed by atoms with E-state index in [1.165, 1.54) is 50.4 Å². The third-order valence-corrected chi connectivity index (χ3v) is 10.3. The monoisotopic (exact) mass is 682 g/mol. The molecule has 0 aromatic carbocycles. The zero-order valence-electron chi connectivity index (χ0n) is 24.4. The summed E-state index contributed by atoms with van der Waals surface area (Å²) in [5.41, 5.74) is 11.5. The zero-order valence-corrected chi connectivity index (χ0v) is 26.2. The van der Waals surface area contributed by atoms with Gasteiger partial charge in [-0.3, -0.25) is 28.0 Å². The van der Waals surface area contributed by atoms with E-state index in [1.54, 1.807) is 0 Å². The van der Waals surface area contributed by atoms with Crippen molar-refractivity contribution in [1.82, 2.24) is 39.0 Å². The van der Waals surface area contributed by atoms with Gasteiger partial charge in [-0.2, -0.15) is 4.98 Å². The van der Waals surface area contributed by atoms with Crippen molar-refractivity contribution < 1.29 is 45.8 Å². The largest absolute Gasteiger partial charge is 0.382 e. The maximum absolute atomic E-state index is 16.1. The summed E-state index contributed by atoms with van der Waals surface area (Å²) in [6, 6.07) is 0. The van der Waals surface area contributed by atoms with Gasteiger partial charge in [0.25, 0.3) is 35.6 Å². The molecule has 3 fully saturated rings. The highest BCUT2D eigenvalue weighted by Gasteiger charge is 2.53. The lowest BCUT2D eigenvalue weighted by Crippen LogP contribution is -2.37. The van der Waals surface area contributed by atoms with Gasteiger partial charge >= 0.3 is 0 Å². The molecule has 10 atom stereocenters. The van der Waals surface area contributed by atoms with Gasteiger partial charge in [-0.15, -0.1) is 0 Å². The van der Waals surface area contributed by atoms with Crippen molar-refractivity contribution in [3.05, 3.63) is 29.3 Å². The van der Waals surface area contributed by atoms with Crippen LogP contribution < -0.4 is 17.0 Å². The summed E-state index contributed by atoms with van der Waals surface area (Å²) >= 11 is 0. The van der Waals surface area contributed by atoms with Crippen molar-refractivity contribution in [3.63, 3.8) is 0 Å². The highest BCUT2D eigenvalue weighted by molar-refractivity contribution is 7.79. The van der Waals surface area contributed by atoms with Gasteiger partial charge in [0.05, 0.1) is 25.9 Å². The number of hydrogen-bond acceptors (Lipinski definition) is 17. The van der Waals surface area contributed by atoms with Crippen LogP contribution in [0.15, 0.2) is 23.8 Å². The minimum atomic E-state index is -4.04. The molecule has 7 heterocycles. The molecule has 8 unspecified atom stereocenters. The molecule has 7 rings (SSSR count). The lowest BCUT2D eigenvalue weighted by atomic mass is 10.1. The van der Waals surface area contributed by atoms with Crippen molar-refractivity contribution >= 4 is 64.2 Å². The van der Waals surface area contributed by atoms with Gasteiger partial charge in [-0.05, 0) is 0 Å². The standard InChI is InChI=1S/C21H27B2FN10O10P2/c1-38-13-8-3-40-45(22,36)43-12-7(41-19(9(12)24)33-5-29-10-15(25)27-4-28-16(10)33)2-39-46(23,37)44-14(13)20(42-8)34-6-30-11-17(34)31-21(26)32-18(11)35/h4-9,12-14,19-20H,2-3,22-23H2,1H3,(H2,25,27,28)(H3,26,31,32,35)/t7?,8?,9?,12?,13?,14?,19?,20?,45-,46-/m1/s1. The lowest BCUT2D eigenvalue weighted by Gasteiger charge is -2.28. The average molecular weight is 682 g/mol. The molecule has 4 aromatic rings. The number of anilines is 2. The third-order valence-electron chi connectivity index (χ3n) is 7.78. The quantitative estimate of drug-likeness (QED) is 0.165. The maximum atomic E-state index is 16.1. The maximum Gasteiger partial charge on any atom is 0.280 e. The molecule has 5 N–H and O–H groups in total. The molecule has 0 saturated carbocycles. The van der Waals surface area contributed by atoms with Crippen LogP contribution in [-0.4, -0.2) is 111 Å². The minimum absolute atomic E-state index is 0.0402. The van der Waals surface area contributed by atoms with E-state index in [1.807, 2.05) is 0 Å². The Bertz CT molecular complexity index is 1970. The molecule has 25 heteroatoms. The molecular formula is C21H27B2FN10O10P2. The minimum Gasteiger partial charge on any atom is -0.382 e. The molecule has 46 heavy (non-hydrogen) atoms. The topological polar surface area (TPSA) is 258 Å². The van der Waals surface area contributed by atoms with Crippen LogP contribution in [0.4, 0.5) is 16.2 Å². The van der Waals surface area contributed by atoms with Gasteiger partial charge in [0.15, 0.2) is 41.3 Å². The Morgan fingerprint density at radius 1 is 0.935 bits per heavy atom. The number of nitrogen functional groups attached to an aromatic ring is 2. The SMILES string of the molecule is B[P@@]1(=O)OCC2OC(n3cnc4c(=O)[nH]c(N)nc43)C(O[P@](B)(=O)OCC3OC(n4cnc5c(N)ncnc54)C(F)C3O1)C2OC. The normalized spacial score (nSPS) is 37.1. The van der Waals surface area contributed by atoms with Crippen molar-refractivity contribution in [2.75, 3.05) is 31.8 Å². The van der Waals surface area contributed by atoms with E-state index in [0.717, 1.165) is 0 Å². The van der Waals surface area contributed by atoms with Gasteiger partial charge in [0, 0.05) is 7.11 Å². The molecular weight excluding hydrogens is 655 g/mol. The van der Waals surface area contributed by atoms with Crippen molar-refractivity contribution in [3.8, 4) is 0 Å². The van der Waals surface area contributed by atoms with Crippen LogP contribution in [0.2, 0.25) is 0 Å². The molecule has 4 aromatic heterocycles. The van der Waals surface area contributed by atoms with Crippen LogP contribution in [-0.2, 0) is 41.4 Å². The van der Waals surface area contributed by atoms with E-state index in [2.05, 4.69) is 29.9 Å². The number of nitrogens with one attached hydrogen (secondary N) is 1. The van der Waals surface area contributed by atoms with Gasteiger partial charge in [-0.25, -0.2) is 24.3 Å². The summed E-state index contributed by atoms with van der Waals surface area (Å²) in [5.74, 6) is -0.0992. The fraction of sp³-hybridized carbons (Fsp3) is 0.524. The van der Waals surface area contributed by atoms with E-state index in [-0.39, 0.29) is 40.7 Å². The van der Waals surface area contributed by atoms with Crippen molar-refractivity contribution in [2.24, 2.45) is 0 Å².